The molecule has 7 nitrogen and oxygen atoms in total. The molecule has 1 saturated heterocycles. The summed E-state index contributed by atoms with van der Waals surface area (Å²) >= 11 is 1.79. The second-order valence-corrected chi connectivity index (χ2v) is 7.56. The highest BCUT2D eigenvalue weighted by Crippen LogP contribution is 2.38. The van der Waals surface area contributed by atoms with Crippen molar-refractivity contribution in [3.8, 4) is 17.2 Å². The molecule has 8 heteroatoms. The van der Waals surface area contributed by atoms with E-state index >= 15 is 0 Å². The third kappa shape index (κ3) is 5.06. The third-order valence-electron chi connectivity index (χ3n) is 4.87. The number of nitrogens with zero attached hydrogens (tertiary/aromatic N) is 3. The summed E-state index contributed by atoms with van der Waals surface area (Å²) in [6.45, 7) is 7.34. The van der Waals surface area contributed by atoms with Crippen LogP contribution >= 0.6 is 11.3 Å². The van der Waals surface area contributed by atoms with Crippen molar-refractivity contribution in [1.82, 2.24) is 10.2 Å². The molecule has 3 rings (SSSR count). The van der Waals surface area contributed by atoms with Crippen LogP contribution in [-0.4, -0.2) is 64.9 Å². The lowest BCUT2D eigenvalue weighted by Crippen LogP contribution is -2.52. The Balaban J connectivity index is 1.71. The lowest BCUT2D eigenvalue weighted by atomic mass is 10.2. The van der Waals surface area contributed by atoms with Gasteiger partial charge in [0.25, 0.3) is 0 Å². The second-order valence-electron chi connectivity index (χ2n) is 6.63. The van der Waals surface area contributed by atoms with E-state index in [-0.39, 0.29) is 0 Å². The first-order valence-electron chi connectivity index (χ1n) is 9.80. The van der Waals surface area contributed by atoms with Crippen LogP contribution in [0.2, 0.25) is 0 Å². The maximum absolute atomic E-state index is 5.45. The second kappa shape index (κ2) is 10.2. The van der Waals surface area contributed by atoms with E-state index in [0.717, 1.165) is 44.2 Å². The Morgan fingerprint density at radius 3 is 2.28 bits per heavy atom. The number of nitrogens with one attached hydrogen (secondary N) is 1. The number of hydrogen-bond acceptors (Lipinski definition) is 6. The van der Waals surface area contributed by atoms with E-state index in [9.17, 15) is 0 Å². The van der Waals surface area contributed by atoms with E-state index in [0.29, 0.717) is 23.8 Å². The van der Waals surface area contributed by atoms with Crippen molar-refractivity contribution in [3.05, 3.63) is 35.2 Å². The Bertz CT molecular complexity index is 777. The summed E-state index contributed by atoms with van der Waals surface area (Å²) in [6.07, 6.45) is 0. The van der Waals surface area contributed by atoms with Crippen LogP contribution in [0, 0.1) is 0 Å². The van der Waals surface area contributed by atoms with Gasteiger partial charge in [-0.05, 0) is 42.1 Å². The summed E-state index contributed by atoms with van der Waals surface area (Å²) in [6, 6.07) is 8.19. The average Bonchev–Trinajstić information content (AvgIpc) is 3.31. The minimum Gasteiger partial charge on any atom is -0.493 e. The molecule has 1 aliphatic heterocycles. The van der Waals surface area contributed by atoms with Crippen LogP contribution in [0.25, 0.3) is 0 Å². The molecule has 2 heterocycles. The van der Waals surface area contributed by atoms with Crippen LogP contribution < -0.4 is 24.4 Å². The molecule has 1 fully saturated rings. The predicted octanol–water partition coefficient (Wildman–Crippen LogP) is 3.06. The fourth-order valence-electron chi connectivity index (χ4n) is 3.41. The molecule has 0 atom stereocenters. The van der Waals surface area contributed by atoms with E-state index < -0.39 is 0 Å². The van der Waals surface area contributed by atoms with Crippen LogP contribution in [0.4, 0.5) is 5.00 Å². The number of guanidine groups is 1. The van der Waals surface area contributed by atoms with Crippen LogP contribution in [0.1, 0.15) is 12.5 Å². The summed E-state index contributed by atoms with van der Waals surface area (Å²) in [4.78, 5) is 9.62. The SMILES string of the molecule is CCNC(=NCc1cc(OC)c(OC)c(OC)c1)N1CCN(c2cccs2)CC1. The summed E-state index contributed by atoms with van der Waals surface area (Å²) in [5.41, 5.74) is 1.01. The fourth-order valence-corrected chi connectivity index (χ4v) is 4.19. The van der Waals surface area contributed by atoms with Crippen molar-refractivity contribution < 1.29 is 14.2 Å². The van der Waals surface area contributed by atoms with Gasteiger partial charge in [-0.25, -0.2) is 4.99 Å². The zero-order chi connectivity index (χ0) is 20.6. The summed E-state index contributed by atoms with van der Waals surface area (Å²) in [5.74, 6) is 2.82. The molecule has 29 heavy (non-hydrogen) atoms. The van der Waals surface area contributed by atoms with E-state index in [1.54, 1.807) is 32.7 Å². The van der Waals surface area contributed by atoms with Crippen LogP contribution in [-0.2, 0) is 6.54 Å². The molecule has 1 aromatic heterocycles. The predicted molar refractivity (Wildman–Crippen MR) is 119 cm³/mol. The molecule has 0 bridgehead atoms. The number of ether oxygens (including phenoxy) is 3. The largest absolute Gasteiger partial charge is 0.493 e. The van der Waals surface area contributed by atoms with E-state index in [2.05, 4.69) is 39.6 Å². The number of benzene rings is 1. The van der Waals surface area contributed by atoms with Gasteiger partial charge in [-0.3, -0.25) is 0 Å². The maximum Gasteiger partial charge on any atom is 0.203 e. The molecule has 0 saturated carbocycles. The van der Waals surface area contributed by atoms with Crippen LogP contribution in [0.3, 0.4) is 0 Å². The number of piperazine rings is 1. The quantitative estimate of drug-likeness (QED) is 0.551. The summed E-state index contributed by atoms with van der Waals surface area (Å²) in [7, 11) is 4.86. The average molecular weight is 419 g/mol. The molecular weight excluding hydrogens is 388 g/mol. The molecule has 0 unspecified atom stereocenters. The lowest BCUT2D eigenvalue weighted by Gasteiger charge is -2.37. The van der Waals surface area contributed by atoms with Gasteiger partial charge in [-0.2, -0.15) is 0 Å². The van der Waals surface area contributed by atoms with E-state index in [1.165, 1.54) is 5.00 Å². The Kier molecular flexibility index (Phi) is 7.46. The van der Waals surface area contributed by atoms with Gasteiger partial charge in [0, 0.05) is 32.7 Å². The Morgan fingerprint density at radius 2 is 1.76 bits per heavy atom. The molecule has 0 aliphatic carbocycles. The van der Waals surface area contributed by atoms with Crippen molar-refractivity contribution in [2.24, 2.45) is 4.99 Å². The molecule has 2 aromatic rings. The lowest BCUT2D eigenvalue weighted by molar-refractivity contribution is 0.324. The number of aliphatic imine (C=N–C) groups is 1. The zero-order valence-electron chi connectivity index (χ0n) is 17.6. The normalized spacial score (nSPS) is 14.7. The van der Waals surface area contributed by atoms with Gasteiger partial charge in [-0.1, -0.05) is 0 Å². The van der Waals surface area contributed by atoms with Crippen molar-refractivity contribution in [2.45, 2.75) is 13.5 Å². The van der Waals surface area contributed by atoms with Gasteiger partial charge >= 0.3 is 0 Å². The molecule has 0 spiro atoms. The molecule has 158 valence electrons. The van der Waals surface area contributed by atoms with Gasteiger partial charge in [0.2, 0.25) is 5.75 Å². The minimum atomic E-state index is 0.532. The molecule has 0 amide bonds. The Hall–Kier alpha value is -2.61. The van der Waals surface area contributed by atoms with Crippen LogP contribution in [0.5, 0.6) is 17.2 Å². The first kappa shape index (κ1) is 21.1. The highest BCUT2D eigenvalue weighted by atomic mass is 32.1. The van der Waals surface area contributed by atoms with Crippen molar-refractivity contribution in [3.63, 3.8) is 0 Å². The van der Waals surface area contributed by atoms with Gasteiger partial charge in [0.15, 0.2) is 17.5 Å². The number of hydrogen-bond donors (Lipinski definition) is 1. The van der Waals surface area contributed by atoms with E-state index in [4.69, 9.17) is 19.2 Å². The maximum atomic E-state index is 5.45. The standard InChI is InChI=1S/C21H30N4O3S/c1-5-22-21(25-10-8-24(9-11-25)19-7-6-12-29-19)23-15-16-13-17(26-2)20(28-4)18(14-16)27-3/h6-7,12-14H,5,8-11,15H2,1-4H3,(H,22,23). The number of methoxy groups -OCH3 is 3. The van der Waals surface area contributed by atoms with Gasteiger partial charge in [-0.15, -0.1) is 11.3 Å². The van der Waals surface area contributed by atoms with Crippen molar-refractivity contribution >= 4 is 22.3 Å². The monoisotopic (exact) mass is 418 g/mol. The molecular formula is C21H30N4O3S. The number of thiophene rings is 1. The fraction of sp³-hybridized carbons (Fsp3) is 0.476. The van der Waals surface area contributed by atoms with Gasteiger partial charge in [0.1, 0.15) is 0 Å². The van der Waals surface area contributed by atoms with E-state index in [1.807, 2.05) is 12.1 Å². The third-order valence-corrected chi connectivity index (χ3v) is 5.80. The highest BCUT2D eigenvalue weighted by Gasteiger charge is 2.20. The van der Waals surface area contributed by atoms with Gasteiger partial charge in [0.05, 0.1) is 32.9 Å². The summed E-state index contributed by atoms with van der Waals surface area (Å²) < 4.78 is 16.3. The summed E-state index contributed by atoms with van der Waals surface area (Å²) in [5, 5.41) is 6.89. The first-order valence-corrected chi connectivity index (χ1v) is 10.7. The van der Waals surface area contributed by atoms with Crippen molar-refractivity contribution in [2.75, 3.05) is 59.0 Å². The highest BCUT2D eigenvalue weighted by molar-refractivity contribution is 7.14. The molecule has 1 aliphatic rings. The molecule has 0 radical (unpaired) electrons. The number of rotatable bonds is 7. The molecule has 1 N–H and O–H groups in total. The minimum absolute atomic E-state index is 0.532. The smallest absolute Gasteiger partial charge is 0.203 e. The zero-order valence-corrected chi connectivity index (χ0v) is 18.4. The van der Waals surface area contributed by atoms with Crippen molar-refractivity contribution in [1.29, 1.82) is 0 Å². The van der Waals surface area contributed by atoms with Gasteiger partial charge < -0.3 is 29.3 Å². The molecule has 1 aromatic carbocycles. The van der Waals surface area contributed by atoms with Crippen LogP contribution in [0.15, 0.2) is 34.6 Å². The first-order chi connectivity index (χ1) is 14.2. The Morgan fingerprint density at radius 1 is 1.07 bits per heavy atom. The topological polar surface area (TPSA) is 58.6 Å². The Labute approximate surface area is 176 Å². The number of anilines is 1.